The molecule has 34 heavy (non-hydrogen) atoms. The van der Waals surface area contributed by atoms with E-state index in [2.05, 4.69) is 6.58 Å². The lowest BCUT2D eigenvalue weighted by Gasteiger charge is -2.11. The van der Waals surface area contributed by atoms with E-state index in [-0.39, 0.29) is 5.56 Å². The van der Waals surface area contributed by atoms with Crippen LogP contribution in [0.25, 0.3) is 32.3 Å². The molecule has 0 radical (unpaired) electrons. The minimum atomic E-state index is -0.436. The first-order valence-electron chi connectivity index (χ1n) is 10.5. The summed E-state index contributed by atoms with van der Waals surface area (Å²) >= 11 is 2.86. The zero-order valence-corrected chi connectivity index (χ0v) is 19.9. The molecule has 0 unspecified atom stereocenters. The summed E-state index contributed by atoms with van der Waals surface area (Å²) in [4.78, 5) is 31.2. The number of nitrogens with zero attached hydrogens (tertiary/aromatic N) is 2. The van der Waals surface area contributed by atoms with Crippen LogP contribution < -0.4 is 15.9 Å². The summed E-state index contributed by atoms with van der Waals surface area (Å²) < 4.78 is 12.2. The highest BCUT2D eigenvalue weighted by atomic mass is 32.2. The highest BCUT2D eigenvalue weighted by molar-refractivity contribution is 7.98. The van der Waals surface area contributed by atoms with Crippen LogP contribution >= 0.6 is 23.1 Å². The maximum atomic E-state index is 13.5. The molecule has 0 N–H and O–H groups in total. The van der Waals surface area contributed by atoms with Crippen molar-refractivity contribution in [1.82, 2.24) is 9.55 Å². The van der Waals surface area contributed by atoms with Crippen LogP contribution in [-0.4, -0.2) is 16.7 Å². The van der Waals surface area contributed by atoms with Crippen molar-refractivity contribution in [3.05, 3.63) is 99.0 Å². The summed E-state index contributed by atoms with van der Waals surface area (Å²) in [5.41, 5.74) is 2.59. The Kier molecular flexibility index (Phi) is 6.08. The summed E-state index contributed by atoms with van der Waals surface area (Å²) in [6.45, 7) is 4.15. The van der Waals surface area contributed by atoms with Crippen molar-refractivity contribution < 1.29 is 9.15 Å². The third-order valence-electron chi connectivity index (χ3n) is 5.45. The van der Waals surface area contributed by atoms with Gasteiger partial charge in [-0.25, -0.2) is 9.78 Å². The molecule has 0 spiro atoms. The Morgan fingerprint density at radius 1 is 1.18 bits per heavy atom. The van der Waals surface area contributed by atoms with E-state index in [1.165, 1.54) is 29.2 Å². The smallest absolute Gasteiger partial charge is 0.336 e. The lowest BCUT2D eigenvalue weighted by molar-refractivity contribution is 0.414. The van der Waals surface area contributed by atoms with Crippen molar-refractivity contribution in [1.29, 1.82) is 0 Å². The normalized spacial score (nSPS) is 11.2. The fourth-order valence-corrected chi connectivity index (χ4v) is 5.82. The number of thiophene rings is 1. The van der Waals surface area contributed by atoms with Crippen molar-refractivity contribution in [2.45, 2.75) is 17.5 Å². The van der Waals surface area contributed by atoms with Gasteiger partial charge in [0, 0.05) is 40.8 Å². The summed E-state index contributed by atoms with van der Waals surface area (Å²) in [6.07, 6.45) is 1.69. The average Bonchev–Trinajstić information content (AvgIpc) is 3.28. The second-order valence-electron chi connectivity index (χ2n) is 7.54. The molecule has 5 aromatic rings. The number of fused-ring (bicyclic) bond motifs is 2. The number of aromatic nitrogens is 2. The van der Waals surface area contributed by atoms with Gasteiger partial charge in [-0.1, -0.05) is 48.2 Å². The molecule has 0 saturated carbocycles. The molecule has 0 aliphatic rings. The predicted molar refractivity (Wildman–Crippen MR) is 138 cm³/mol. The van der Waals surface area contributed by atoms with E-state index in [0.717, 1.165) is 22.1 Å². The third kappa shape index (κ3) is 4.06. The van der Waals surface area contributed by atoms with E-state index in [9.17, 15) is 9.59 Å². The van der Waals surface area contributed by atoms with E-state index in [1.54, 1.807) is 23.8 Å². The average molecular weight is 489 g/mol. The molecule has 3 heterocycles. The Hall–Kier alpha value is -3.62. The number of hydrogen-bond donors (Lipinski definition) is 0. The van der Waals surface area contributed by atoms with Gasteiger partial charge in [-0.15, -0.1) is 17.9 Å². The number of ether oxygens (including phenoxy) is 1. The van der Waals surface area contributed by atoms with E-state index in [0.29, 0.717) is 39.0 Å². The highest BCUT2D eigenvalue weighted by Gasteiger charge is 2.17. The highest BCUT2D eigenvalue weighted by Crippen LogP contribution is 2.33. The number of benzene rings is 2. The summed E-state index contributed by atoms with van der Waals surface area (Å²) in [7, 11) is 1.56. The van der Waals surface area contributed by atoms with Crippen molar-refractivity contribution >= 4 is 44.3 Å². The van der Waals surface area contributed by atoms with Crippen LogP contribution in [0.2, 0.25) is 0 Å². The van der Waals surface area contributed by atoms with Crippen LogP contribution in [0.1, 0.15) is 5.56 Å². The number of allylic oxidation sites excluding steroid dienone is 1. The Morgan fingerprint density at radius 3 is 2.76 bits per heavy atom. The molecule has 0 aliphatic heterocycles. The quantitative estimate of drug-likeness (QED) is 0.126. The molecule has 5 rings (SSSR count). The van der Waals surface area contributed by atoms with Crippen molar-refractivity contribution in [3.63, 3.8) is 0 Å². The second-order valence-corrected chi connectivity index (χ2v) is 9.34. The Morgan fingerprint density at radius 2 is 2.00 bits per heavy atom. The zero-order chi connectivity index (χ0) is 23.7. The van der Waals surface area contributed by atoms with Crippen LogP contribution in [0.15, 0.2) is 91.8 Å². The monoisotopic (exact) mass is 488 g/mol. The standard InChI is InChI=1S/C26H20N2O4S2/c1-3-11-28-25(30)23-20(16-7-5-4-6-8-16)15-33-24(23)27-26(28)34-14-17-12-22(29)32-21-13-18(31-2)9-10-19(17)21/h3-10,12-13,15H,1,11,14H2,2H3. The Balaban J connectivity index is 1.57. The second kappa shape index (κ2) is 9.32. The topological polar surface area (TPSA) is 74.3 Å². The van der Waals surface area contributed by atoms with Gasteiger partial charge >= 0.3 is 5.63 Å². The molecule has 170 valence electrons. The van der Waals surface area contributed by atoms with Gasteiger partial charge in [-0.05, 0) is 23.3 Å². The molecule has 6 nitrogen and oxygen atoms in total. The zero-order valence-electron chi connectivity index (χ0n) is 18.3. The SMILES string of the molecule is C=CCn1c(SCc2cc(=O)oc3cc(OC)ccc23)nc2scc(-c3ccccc3)c2c1=O. The molecule has 0 saturated heterocycles. The van der Waals surface area contributed by atoms with Gasteiger partial charge in [-0.2, -0.15) is 0 Å². The largest absolute Gasteiger partial charge is 0.497 e. The first kappa shape index (κ1) is 22.2. The van der Waals surface area contributed by atoms with Crippen LogP contribution in [-0.2, 0) is 12.3 Å². The fraction of sp³-hybridized carbons (Fsp3) is 0.115. The third-order valence-corrected chi connectivity index (χ3v) is 7.35. The minimum absolute atomic E-state index is 0.102. The van der Waals surface area contributed by atoms with Crippen LogP contribution in [0.5, 0.6) is 5.75 Å². The van der Waals surface area contributed by atoms with E-state index >= 15 is 0 Å². The van der Waals surface area contributed by atoms with Gasteiger partial charge in [0.2, 0.25) is 0 Å². The van der Waals surface area contributed by atoms with E-state index in [1.807, 2.05) is 47.8 Å². The molecule has 0 bridgehead atoms. The molecule has 0 aliphatic carbocycles. The van der Waals surface area contributed by atoms with Gasteiger partial charge < -0.3 is 9.15 Å². The molecule has 3 aromatic heterocycles. The van der Waals surface area contributed by atoms with E-state index < -0.39 is 5.63 Å². The predicted octanol–water partition coefficient (Wildman–Crippen LogP) is 5.72. The first-order valence-corrected chi connectivity index (χ1v) is 12.4. The lowest BCUT2D eigenvalue weighted by atomic mass is 10.1. The molecule has 8 heteroatoms. The van der Waals surface area contributed by atoms with Gasteiger partial charge in [0.25, 0.3) is 5.56 Å². The molecule has 0 atom stereocenters. The minimum Gasteiger partial charge on any atom is -0.497 e. The van der Waals surface area contributed by atoms with Crippen LogP contribution in [0.3, 0.4) is 0 Å². The van der Waals surface area contributed by atoms with Gasteiger partial charge in [0.15, 0.2) is 5.16 Å². The fourth-order valence-electron chi connectivity index (χ4n) is 3.84. The van der Waals surface area contributed by atoms with Crippen molar-refractivity contribution in [2.75, 3.05) is 7.11 Å². The van der Waals surface area contributed by atoms with Crippen molar-refractivity contribution in [2.24, 2.45) is 0 Å². The van der Waals surface area contributed by atoms with Gasteiger partial charge in [0.05, 0.1) is 12.5 Å². The maximum absolute atomic E-state index is 13.5. The number of methoxy groups -OCH3 is 1. The molecule has 0 fully saturated rings. The molecular formula is C26H20N2O4S2. The Labute approximate surface area is 203 Å². The molecule has 0 amide bonds. The van der Waals surface area contributed by atoms with Gasteiger partial charge in [0.1, 0.15) is 16.2 Å². The van der Waals surface area contributed by atoms with Gasteiger partial charge in [-0.3, -0.25) is 9.36 Å². The Bertz CT molecular complexity index is 1630. The maximum Gasteiger partial charge on any atom is 0.336 e. The summed E-state index contributed by atoms with van der Waals surface area (Å²) in [5, 5.41) is 3.98. The number of thioether (sulfide) groups is 1. The molecule has 2 aromatic carbocycles. The van der Waals surface area contributed by atoms with E-state index in [4.69, 9.17) is 14.1 Å². The summed E-state index contributed by atoms with van der Waals surface area (Å²) in [5.74, 6) is 1.06. The molecular weight excluding hydrogens is 468 g/mol. The van der Waals surface area contributed by atoms with Crippen molar-refractivity contribution in [3.8, 4) is 16.9 Å². The van der Waals surface area contributed by atoms with Crippen LogP contribution in [0.4, 0.5) is 0 Å². The van der Waals surface area contributed by atoms with Crippen LogP contribution in [0, 0.1) is 0 Å². The number of rotatable bonds is 7. The number of hydrogen-bond acceptors (Lipinski definition) is 7. The summed E-state index contributed by atoms with van der Waals surface area (Å²) in [6, 6.07) is 16.7. The first-order chi connectivity index (χ1) is 16.6. The lowest BCUT2D eigenvalue weighted by Crippen LogP contribution is -2.22.